The van der Waals surface area contributed by atoms with Crippen LogP contribution in [0.15, 0.2) is 30.3 Å². The van der Waals surface area contributed by atoms with Gasteiger partial charge < -0.3 is 15.1 Å². The highest BCUT2D eigenvalue weighted by Gasteiger charge is 2.31. The van der Waals surface area contributed by atoms with Crippen molar-refractivity contribution in [3.05, 3.63) is 46.6 Å². The molecule has 1 aromatic heterocycles. The summed E-state index contributed by atoms with van der Waals surface area (Å²) in [6, 6.07) is 5.92. The highest BCUT2D eigenvalue weighted by atomic mass is 35.5. The van der Waals surface area contributed by atoms with Crippen molar-refractivity contribution in [3.8, 4) is 0 Å². The molecule has 1 fully saturated rings. The number of piperazine rings is 1. The Bertz CT molecular complexity index is 820. The van der Waals surface area contributed by atoms with E-state index in [1.807, 2.05) is 7.05 Å². The van der Waals surface area contributed by atoms with E-state index in [0.29, 0.717) is 13.1 Å². The van der Waals surface area contributed by atoms with E-state index < -0.39 is 11.7 Å². The Morgan fingerprint density at radius 3 is 2.41 bits per heavy atom. The smallest absolute Gasteiger partial charge is 0.338 e. The van der Waals surface area contributed by atoms with Crippen LogP contribution in [-0.4, -0.2) is 59.1 Å². The molecule has 2 heterocycles. The lowest BCUT2D eigenvalue weighted by molar-refractivity contribution is -0.137. The first kappa shape index (κ1) is 19.4. The molecule has 0 atom stereocenters. The van der Waals surface area contributed by atoms with Crippen LogP contribution >= 0.6 is 11.6 Å². The number of carbonyl (C=O) groups is 1. The molecule has 1 N–H and O–H groups in total. The zero-order valence-corrected chi connectivity index (χ0v) is 15.2. The van der Waals surface area contributed by atoms with E-state index in [4.69, 9.17) is 11.6 Å². The van der Waals surface area contributed by atoms with Crippen molar-refractivity contribution in [2.24, 2.45) is 0 Å². The summed E-state index contributed by atoms with van der Waals surface area (Å²) < 4.78 is 38.5. The number of rotatable bonds is 3. The van der Waals surface area contributed by atoms with Crippen LogP contribution < -0.4 is 5.32 Å². The lowest BCUT2D eigenvalue weighted by Gasteiger charge is -2.32. The van der Waals surface area contributed by atoms with Gasteiger partial charge in [0.15, 0.2) is 11.5 Å². The first-order chi connectivity index (χ1) is 12.7. The normalized spacial score (nSPS) is 15.7. The zero-order chi connectivity index (χ0) is 19.6. The fraction of sp³-hybridized carbons (Fsp3) is 0.353. The number of hydrogen-bond donors (Lipinski definition) is 1. The number of nitrogens with one attached hydrogen (secondary N) is 1. The quantitative estimate of drug-likeness (QED) is 0.858. The zero-order valence-electron chi connectivity index (χ0n) is 14.4. The largest absolute Gasteiger partial charge is 0.416 e. The van der Waals surface area contributed by atoms with Crippen molar-refractivity contribution in [2.45, 2.75) is 6.18 Å². The number of amides is 1. The van der Waals surface area contributed by atoms with E-state index in [1.165, 1.54) is 12.1 Å². The summed E-state index contributed by atoms with van der Waals surface area (Å²) in [6.07, 6.45) is -4.48. The fourth-order valence-corrected chi connectivity index (χ4v) is 2.78. The lowest BCUT2D eigenvalue weighted by Crippen LogP contribution is -2.47. The third kappa shape index (κ3) is 4.67. The first-order valence-corrected chi connectivity index (χ1v) is 8.57. The number of benzene rings is 1. The second kappa shape index (κ2) is 7.69. The van der Waals surface area contributed by atoms with Gasteiger partial charge in [-0.1, -0.05) is 11.6 Å². The number of halogens is 4. The first-order valence-electron chi connectivity index (χ1n) is 8.19. The summed E-state index contributed by atoms with van der Waals surface area (Å²) in [5.41, 5.74) is -0.594. The maximum Gasteiger partial charge on any atom is 0.416 e. The summed E-state index contributed by atoms with van der Waals surface area (Å²) in [4.78, 5) is 16.2. The monoisotopic (exact) mass is 399 g/mol. The average Bonchev–Trinajstić information content (AvgIpc) is 2.63. The molecule has 1 aliphatic rings. The van der Waals surface area contributed by atoms with Gasteiger partial charge in [-0.05, 0) is 37.4 Å². The van der Waals surface area contributed by atoms with Crippen LogP contribution in [0.2, 0.25) is 5.02 Å². The molecule has 144 valence electrons. The third-order valence-electron chi connectivity index (χ3n) is 4.23. The van der Waals surface area contributed by atoms with Gasteiger partial charge in [-0.15, -0.1) is 10.2 Å². The number of likely N-dealkylation sites (N-methyl/N-ethyl adjacent to an activating group) is 1. The van der Waals surface area contributed by atoms with Crippen LogP contribution in [0.1, 0.15) is 16.1 Å². The van der Waals surface area contributed by atoms with Crippen LogP contribution in [0.4, 0.5) is 24.7 Å². The van der Waals surface area contributed by atoms with Crippen molar-refractivity contribution >= 4 is 29.0 Å². The number of aromatic nitrogens is 2. The van der Waals surface area contributed by atoms with Crippen molar-refractivity contribution in [3.63, 3.8) is 0 Å². The van der Waals surface area contributed by atoms with Crippen LogP contribution in [0.25, 0.3) is 0 Å². The molecule has 0 saturated carbocycles. The van der Waals surface area contributed by atoms with E-state index >= 15 is 0 Å². The lowest BCUT2D eigenvalue weighted by atomic mass is 10.2. The SMILES string of the molecule is CN1CCN(C(=O)c2ccc(Nc3cc(C(F)(F)F)ccc3Cl)nn2)CC1. The second-order valence-corrected chi connectivity index (χ2v) is 6.62. The van der Waals surface area contributed by atoms with Gasteiger partial charge in [0.25, 0.3) is 5.91 Å². The maximum absolute atomic E-state index is 12.8. The molecule has 2 aromatic rings. The Morgan fingerprint density at radius 1 is 1.11 bits per heavy atom. The number of alkyl halides is 3. The molecule has 1 amide bonds. The Morgan fingerprint density at radius 2 is 1.81 bits per heavy atom. The van der Waals surface area contributed by atoms with Gasteiger partial charge in [-0.3, -0.25) is 4.79 Å². The Balaban J connectivity index is 1.72. The van der Waals surface area contributed by atoms with Crippen LogP contribution in [0.5, 0.6) is 0 Å². The Hall–Kier alpha value is -2.39. The van der Waals surface area contributed by atoms with Crippen LogP contribution in [-0.2, 0) is 6.18 Å². The van der Waals surface area contributed by atoms with E-state index in [-0.39, 0.29) is 28.1 Å². The summed E-state index contributed by atoms with van der Waals surface area (Å²) in [5, 5.41) is 10.6. The molecule has 0 unspecified atom stereocenters. The minimum absolute atomic E-state index is 0.0546. The molecule has 1 aromatic carbocycles. The van der Waals surface area contributed by atoms with Gasteiger partial charge in [0.05, 0.1) is 16.3 Å². The Kier molecular flexibility index (Phi) is 5.52. The molecule has 10 heteroatoms. The topological polar surface area (TPSA) is 61.4 Å². The summed E-state index contributed by atoms with van der Waals surface area (Å²) >= 11 is 5.95. The molecule has 0 spiro atoms. The molecule has 3 rings (SSSR count). The van der Waals surface area contributed by atoms with Crippen molar-refractivity contribution < 1.29 is 18.0 Å². The van der Waals surface area contributed by atoms with E-state index in [1.54, 1.807) is 4.90 Å². The molecule has 0 radical (unpaired) electrons. The molecular formula is C17H17ClF3N5O. The van der Waals surface area contributed by atoms with Gasteiger partial charge in [0, 0.05) is 26.2 Å². The van der Waals surface area contributed by atoms with E-state index in [9.17, 15) is 18.0 Å². The van der Waals surface area contributed by atoms with Crippen molar-refractivity contribution in [2.75, 3.05) is 38.5 Å². The van der Waals surface area contributed by atoms with Crippen molar-refractivity contribution in [1.82, 2.24) is 20.0 Å². The van der Waals surface area contributed by atoms with E-state index in [0.717, 1.165) is 31.3 Å². The summed E-state index contributed by atoms with van der Waals surface area (Å²) in [6.45, 7) is 2.79. The van der Waals surface area contributed by atoms with Crippen LogP contribution in [0.3, 0.4) is 0 Å². The molecule has 1 saturated heterocycles. The highest BCUT2D eigenvalue weighted by molar-refractivity contribution is 6.33. The maximum atomic E-state index is 12.8. The third-order valence-corrected chi connectivity index (χ3v) is 4.56. The summed E-state index contributed by atoms with van der Waals surface area (Å²) in [7, 11) is 1.99. The minimum atomic E-state index is -4.48. The average molecular weight is 400 g/mol. The van der Waals surface area contributed by atoms with Gasteiger partial charge in [-0.25, -0.2) is 0 Å². The number of anilines is 2. The predicted octanol–water partition coefficient (Wildman–Crippen LogP) is 3.28. The fourth-order valence-electron chi connectivity index (χ4n) is 2.62. The predicted molar refractivity (Wildman–Crippen MR) is 95.2 cm³/mol. The van der Waals surface area contributed by atoms with Crippen LogP contribution in [0, 0.1) is 0 Å². The molecule has 0 bridgehead atoms. The number of nitrogens with zero attached hydrogens (tertiary/aromatic N) is 4. The van der Waals surface area contributed by atoms with Gasteiger partial charge in [0.2, 0.25) is 0 Å². The minimum Gasteiger partial charge on any atom is -0.338 e. The highest BCUT2D eigenvalue weighted by Crippen LogP contribution is 2.34. The summed E-state index contributed by atoms with van der Waals surface area (Å²) in [5.74, 6) is -0.0367. The molecule has 6 nitrogen and oxygen atoms in total. The number of hydrogen-bond acceptors (Lipinski definition) is 5. The molecule has 0 aliphatic carbocycles. The molecular weight excluding hydrogens is 383 g/mol. The second-order valence-electron chi connectivity index (χ2n) is 6.22. The standard InChI is InChI=1S/C17H17ClF3N5O/c1-25-6-8-26(9-7-25)16(27)13-4-5-15(24-23-13)22-14-10-11(17(19,20)21)2-3-12(14)18/h2-5,10H,6-9H2,1H3,(H,22,24). The van der Waals surface area contributed by atoms with Crippen molar-refractivity contribution in [1.29, 1.82) is 0 Å². The Labute approximate surface area is 158 Å². The van der Waals surface area contributed by atoms with Gasteiger partial charge >= 0.3 is 6.18 Å². The molecule has 1 aliphatic heterocycles. The van der Waals surface area contributed by atoms with E-state index in [2.05, 4.69) is 20.4 Å². The van der Waals surface area contributed by atoms with Gasteiger partial charge in [0.1, 0.15) is 0 Å². The molecule has 27 heavy (non-hydrogen) atoms. The van der Waals surface area contributed by atoms with Gasteiger partial charge in [-0.2, -0.15) is 13.2 Å². The number of carbonyl (C=O) groups excluding carboxylic acids is 1.